The number of likely N-dealkylation sites (N-methyl/N-ethyl adjacent to an activating group) is 1. The van der Waals surface area contributed by atoms with Crippen molar-refractivity contribution in [1.29, 1.82) is 0 Å². The van der Waals surface area contributed by atoms with E-state index in [2.05, 4.69) is 11.8 Å². The van der Waals surface area contributed by atoms with E-state index in [1.165, 1.54) is 0 Å². The number of fused-ring (bicyclic) bond motifs is 1. The van der Waals surface area contributed by atoms with Gasteiger partial charge >= 0.3 is 0 Å². The van der Waals surface area contributed by atoms with Crippen LogP contribution in [0.15, 0.2) is 35.3 Å². The molecule has 23 heavy (non-hydrogen) atoms. The minimum Gasteiger partial charge on any atom is -0.347 e. The van der Waals surface area contributed by atoms with Crippen LogP contribution >= 0.6 is 0 Å². The molecular weight excluding hydrogens is 290 g/mol. The molecule has 3 rings (SSSR count). The lowest BCUT2D eigenvalue weighted by Gasteiger charge is -2.34. The monoisotopic (exact) mass is 313 g/mol. The number of nitrogens with zero attached hydrogens (tertiary/aromatic N) is 3. The Hall–Kier alpha value is -2.14. The minimum absolute atomic E-state index is 0.140. The number of para-hydroxylation sites is 1. The average Bonchev–Trinajstić information content (AvgIpc) is 2.62. The van der Waals surface area contributed by atoms with Gasteiger partial charge in [-0.15, -0.1) is 0 Å². The molecule has 0 radical (unpaired) electrons. The third-order valence-electron chi connectivity index (χ3n) is 4.67. The highest BCUT2D eigenvalue weighted by atomic mass is 16.2. The topological polar surface area (TPSA) is 45.5 Å². The summed E-state index contributed by atoms with van der Waals surface area (Å²) in [5, 5.41) is 0.618. The number of amides is 1. The maximum absolute atomic E-state index is 12.8. The molecule has 1 amide bonds. The van der Waals surface area contributed by atoms with Gasteiger partial charge in [0.1, 0.15) is 5.56 Å². The molecule has 1 aliphatic heterocycles. The van der Waals surface area contributed by atoms with Crippen LogP contribution in [0, 0.1) is 0 Å². The summed E-state index contributed by atoms with van der Waals surface area (Å²) in [7, 11) is 0. The molecule has 0 aliphatic carbocycles. The van der Waals surface area contributed by atoms with Gasteiger partial charge in [-0.25, -0.2) is 0 Å². The van der Waals surface area contributed by atoms with Gasteiger partial charge in [0.15, 0.2) is 0 Å². The summed E-state index contributed by atoms with van der Waals surface area (Å²) in [6, 6.07) is 7.49. The molecule has 0 atom stereocenters. The van der Waals surface area contributed by atoms with E-state index in [0.29, 0.717) is 18.5 Å². The van der Waals surface area contributed by atoms with Crippen LogP contribution in [-0.2, 0) is 6.54 Å². The van der Waals surface area contributed by atoms with Crippen molar-refractivity contribution in [3.05, 3.63) is 46.2 Å². The van der Waals surface area contributed by atoms with Gasteiger partial charge in [-0.2, -0.15) is 0 Å². The van der Waals surface area contributed by atoms with Crippen LogP contribution in [0.3, 0.4) is 0 Å². The number of aromatic nitrogens is 1. The Morgan fingerprint density at radius 2 is 1.74 bits per heavy atom. The summed E-state index contributed by atoms with van der Waals surface area (Å²) in [6.07, 6.45) is 1.72. The van der Waals surface area contributed by atoms with E-state index >= 15 is 0 Å². The van der Waals surface area contributed by atoms with Gasteiger partial charge in [0.05, 0.1) is 5.52 Å². The molecule has 0 bridgehead atoms. The summed E-state index contributed by atoms with van der Waals surface area (Å²) in [4.78, 5) is 29.7. The number of carbonyl (C=O) groups excluding carboxylic acids is 1. The molecule has 1 aliphatic rings. The van der Waals surface area contributed by atoms with Gasteiger partial charge in [-0.1, -0.05) is 19.1 Å². The summed E-state index contributed by atoms with van der Waals surface area (Å²) in [5.41, 5.74) is 1.01. The molecule has 1 fully saturated rings. The normalized spacial score (nSPS) is 16.0. The van der Waals surface area contributed by atoms with Gasteiger partial charge in [0, 0.05) is 44.3 Å². The first-order valence-corrected chi connectivity index (χ1v) is 8.29. The van der Waals surface area contributed by atoms with Gasteiger partial charge in [-0.3, -0.25) is 9.59 Å². The van der Waals surface area contributed by atoms with E-state index in [-0.39, 0.29) is 16.9 Å². The van der Waals surface area contributed by atoms with Gasteiger partial charge < -0.3 is 14.4 Å². The van der Waals surface area contributed by atoms with Crippen LogP contribution in [0.1, 0.15) is 24.2 Å². The zero-order valence-electron chi connectivity index (χ0n) is 13.8. The van der Waals surface area contributed by atoms with Crippen LogP contribution in [-0.4, -0.2) is 53.0 Å². The minimum atomic E-state index is -0.159. The van der Waals surface area contributed by atoms with Crippen molar-refractivity contribution in [1.82, 2.24) is 14.4 Å². The second-order valence-corrected chi connectivity index (χ2v) is 5.90. The van der Waals surface area contributed by atoms with Crippen LogP contribution in [0.25, 0.3) is 10.9 Å². The van der Waals surface area contributed by atoms with Crippen LogP contribution in [0.5, 0.6) is 0 Å². The first-order chi connectivity index (χ1) is 11.2. The van der Waals surface area contributed by atoms with E-state index in [4.69, 9.17) is 0 Å². The highest BCUT2D eigenvalue weighted by molar-refractivity contribution is 5.97. The predicted molar refractivity (Wildman–Crippen MR) is 91.9 cm³/mol. The van der Waals surface area contributed by atoms with Crippen molar-refractivity contribution in [2.45, 2.75) is 20.4 Å². The van der Waals surface area contributed by atoms with Crippen LogP contribution in [0.2, 0.25) is 0 Å². The molecule has 0 saturated carbocycles. The smallest absolute Gasteiger partial charge is 0.259 e. The third-order valence-corrected chi connectivity index (χ3v) is 4.67. The number of carbonyl (C=O) groups is 1. The molecule has 1 saturated heterocycles. The van der Waals surface area contributed by atoms with E-state index in [1.807, 2.05) is 29.7 Å². The first kappa shape index (κ1) is 15.7. The predicted octanol–water partition coefficient (Wildman–Crippen LogP) is 1.80. The third kappa shape index (κ3) is 2.88. The molecule has 1 aromatic carbocycles. The van der Waals surface area contributed by atoms with E-state index in [9.17, 15) is 9.59 Å². The Morgan fingerprint density at radius 1 is 1.04 bits per heavy atom. The standard InChI is InChI=1S/C18H23N3O2/c1-3-19-9-11-21(12-10-19)18(23)15-13-20(4-2)16-8-6-5-7-14(16)17(15)22/h5-8,13H,3-4,9-12H2,1-2H3. The van der Waals surface area contributed by atoms with Crippen molar-refractivity contribution in [2.75, 3.05) is 32.7 Å². The summed E-state index contributed by atoms with van der Waals surface area (Å²) in [6.45, 7) is 8.99. The van der Waals surface area contributed by atoms with Gasteiger partial charge in [0.2, 0.25) is 5.43 Å². The molecule has 0 spiro atoms. The molecule has 0 N–H and O–H groups in total. The molecule has 2 heterocycles. The lowest BCUT2D eigenvalue weighted by atomic mass is 10.1. The lowest BCUT2D eigenvalue weighted by molar-refractivity contribution is 0.0641. The number of benzene rings is 1. The second-order valence-electron chi connectivity index (χ2n) is 5.90. The molecule has 2 aromatic rings. The Morgan fingerprint density at radius 3 is 2.39 bits per heavy atom. The quantitative estimate of drug-likeness (QED) is 0.868. The Labute approximate surface area is 136 Å². The first-order valence-electron chi connectivity index (χ1n) is 8.29. The Bertz CT molecular complexity index is 773. The number of hydrogen-bond donors (Lipinski definition) is 0. The summed E-state index contributed by atoms with van der Waals surface area (Å²) >= 11 is 0. The Balaban J connectivity index is 1.98. The molecule has 122 valence electrons. The van der Waals surface area contributed by atoms with E-state index in [0.717, 1.165) is 31.7 Å². The molecule has 0 unspecified atom stereocenters. The highest BCUT2D eigenvalue weighted by Crippen LogP contribution is 2.14. The van der Waals surface area contributed by atoms with Crippen molar-refractivity contribution < 1.29 is 4.79 Å². The van der Waals surface area contributed by atoms with Crippen molar-refractivity contribution >= 4 is 16.8 Å². The average molecular weight is 313 g/mol. The fourth-order valence-electron chi connectivity index (χ4n) is 3.20. The van der Waals surface area contributed by atoms with Crippen LogP contribution in [0.4, 0.5) is 0 Å². The second kappa shape index (κ2) is 6.54. The van der Waals surface area contributed by atoms with Crippen LogP contribution < -0.4 is 5.43 Å². The number of aryl methyl sites for hydroxylation is 1. The number of hydrogen-bond acceptors (Lipinski definition) is 3. The van der Waals surface area contributed by atoms with Gasteiger partial charge in [0.25, 0.3) is 5.91 Å². The van der Waals surface area contributed by atoms with Crippen molar-refractivity contribution in [3.8, 4) is 0 Å². The number of rotatable bonds is 3. The SMILES string of the molecule is CCN1CCN(C(=O)c2cn(CC)c3ccccc3c2=O)CC1. The van der Waals surface area contributed by atoms with Gasteiger partial charge in [-0.05, 0) is 25.6 Å². The molecule has 1 aromatic heterocycles. The number of pyridine rings is 1. The Kier molecular flexibility index (Phi) is 4.48. The maximum Gasteiger partial charge on any atom is 0.259 e. The van der Waals surface area contributed by atoms with E-state index in [1.54, 1.807) is 17.2 Å². The summed E-state index contributed by atoms with van der Waals surface area (Å²) < 4.78 is 1.98. The fourth-order valence-corrected chi connectivity index (χ4v) is 3.20. The van der Waals surface area contributed by atoms with Crippen molar-refractivity contribution in [2.24, 2.45) is 0 Å². The molecular formula is C18H23N3O2. The number of piperazine rings is 1. The molecule has 5 heteroatoms. The zero-order chi connectivity index (χ0) is 16.4. The van der Waals surface area contributed by atoms with Crippen molar-refractivity contribution in [3.63, 3.8) is 0 Å². The highest BCUT2D eigenvalue weighted by Gasteiger charge is 2.24. The molecule has 5 nitrogen and oxygen atoms in total. The lowest BCUT2D eigenvalue weighted by Crippen LogP contribution is -2.49. The zero-order valence-corrected chi connectivity index (χ0v) is 13.8. The summed E-state index contributed by atoms with van der Waals surface area (Å²) in [5.74, 6) is -0.140. The fraction of sp³-hybridized carbons (Fsp3) is 0.444. The maximum atomic E-state index is 12.8. The largest absolute Gasteiger partial charge is 0.347 e. The van der Waals surface area contributed by atoms with E-state index < -0.39 is 0 Å².